The van der Waals surface area contributed by atoms with Gasteiger partial charge in [0.05, 0.1) is 18.5 Å². The fourth-order valence-electron chi connectivity index (χ4n) is 3.98. The first-order valence-electron chi connectivity index (χ1n) is 9.76. The van der Waals surface area contributed by atoms with Gasteiger partial charge in [-0.3, -0.25) is 4.79 Å². The fourth-order valence-corrected chi connectivity index (χ4v) is 4.29. The number of hydrogen-bond donors (Lipinski definition) is 1. The molecule has 0 aliphatic heterocycles. The van der Waals surface area contributed by atoms with Crippen LogP contribution < -0.4 is 10.1 Å². The topological polar surface area (TPSA) is 77.0 Å². The number of allylic oxidation sites excluding steroid dienone is 4. The van der Waals surface area contributed by atoms with Gasteiger partial charge in [-0.25, -0.2) is 19.3 Å². The molecule has 8 heteroatoms. The summed E-state index contributed by atoms with van der Waals surface area (Å²) in [4.78, 5) is 25.7. The number of rotatable bonds is 6. The molecule has 1 unspecified atom stereocenters. The SMILES string of the molecule is Cc1ncc(OC[C@@]2(C3C=CC=C(F)C3)C[C@H]2C(=O)Nc2ccc(I)cn2)c(C)n1. The predicted molar refractivity (Wildman–Crippen MR) is 120 cm³/mol. The van der Waals surface area contributed by atoms with Crippen molar-refractivity contribution in [1.29, 1.82) is 0 Å². The van der Waals surface area contributed by atoms with Crippen LogP contribution in [-0.4, -0.2) is 27.5 Å². The molecule has 3 atom stereocenters. The first kappa shape index (κ1) is 20.9. The number of ether oxygens (including phenoxy) is 1. The lowest BCUT2D eigenvalue weighted by molar-refractivity contribution is -0.118. The van der Waals surface area contributed by atoms with E-state index in [0.717, 1.165) is 9.26 Å². The zero-order valence-electron chi connectivity index (χ0n) is 16.7. The van der Waals surface area contributed by atoms with Crippen molar-refractivity contribution in [2.24, 2.45) is 17.3 Å². The maximum atomic E-state index is 14.0. The van der Waals surface area contributed by atoms with E-state index in [1.807, 2.05) is 26.0 Å². The maximum absolute atomic E-state index is 14.0. The van der Waals surface area contributed by atoms with Gasteiger partial charge in [0.2, 0.25) is 5.91 Å². The molecule has 1 saturated carbocycles. The first-order chi connectivity index (χ1) is 14.4. The minimum Gasteiger partial charge on any atom is -0.489 e. The van der Waals surface area contributed by atoms with Crippen LogP contribution in [0.15, 0.2) is 48.6 Å². The molecular formula is C22H22FIN4O2. The van der Waals surface area contributed by atoms with Crippen LogP contribution in [0.4, 0.5) is 10.2 Å². The van der Waals surface area contributed by atoms with E-state index >= 15 is 0 Å². The number of nitrogens with one attached hydrogen (secondary N) is 1. The fraction of sp³-hybridized carbons (Fsp3) is 0.364. The number of anilines is 1. The van der Waals surface area contributed by atoms with Gasteiger partial charge in [0.1, 0.15) is 17.5 Å². The molecule has 0 aromatic carbocycles. The minimum atomic E-state index is -0.479. The molecule has 2 heterocycles. The quantitative estimate of drug-likeness (QED) is 0.566. The van der Waals surface area contributed by atoms with E-state index in [2.05, 4.69) is 42.9 Å². The summed E-state index contributed by atoms with van der Waals surface area (Å²) in [6.07, 6.45) is 9.40. The van der Waals surface area contributed by atoms with Crippen LogP contribution in [0.2, 0.25) is 0 Å². The van der Waals surface area contributed by atoms with Crippen LogP contribution in [-0.2, 0) is 4.79 Å². The Morgan fingerprint density at radius 1 is 1.33 bits per heavy atom. The summed E-state index contributed by atoms with van der Waals surface area (Å²) in [6, 6.07) is 3.66. The Bertz CT molecular complexity index is 1020. The Morgan fingerprint density at radius 2 is 2.17 bits per heavy atom. The van der Waals surface area contributed by atoms with Crippen molar-refractivity contribution in [3.8, 4) is 5.75 Å². The number of halogens is 2. The van der Waals surface area contributed by atoms with E-state index in [0.29, 0.717) is 30.4 Å². The van der Waals surface area contributed by atoms with Crippen LogP contribution in [0.25, 0.3) is 0 Å². The zero-order chi connectivity index (χ0) is 21.3. The summed E-state index contributed by atoms with van der Waals surface area (Å²) >= 11 is 2.16. The number of nitrogens with zero attached hydrogens (tertiary/aromatic N) is 3. The summed E-state index contributed by atoms with van der Waals surface area (Å²) < 4.78 is 21.1. The van der Waals surface area contributed by atoms with Crippen molar-refractivity contribution < 1.29 is 13.9 Å². The number of aryl methyl sites for hydroxylation is 2. The number of aromatic nitrogens is 3. The van der Waals surface area contributed by atoms with Crippen LogP contribution in [0, 0.1) is 34.7 Å². The normalized spacial score (nSPS) is 24.9. The van der Waals surface area contributed by atoms with Gasteiger partial charge < -0.3 is 10.1 Å². The zero-order valence-corrected chi connectivity index (χ0v) is 18.9. The highest BCUT2D eigenvalue weighted by molar-refractivity contribution is 14.1. The van der Waals surface area contributed by atoms with E-state index in [4.69, 9.17) is 4.74 Å². The molecule has 0 saturated heterocycles. The summed E-state index contributed by atoms with van der Waals surface area (Å²) in [5.74, 6) is 1.07. The molecule has 6 nitrogen and oxygen atoms in total. The molecule has 2 aliphatic rings. The van der Waals surface area contributed by atoms with Gasteiger partial charge in [-0.05, 0) is 67.0 Å². The molecule has 156 valence electrons. The molecule has 1 fully saturated rings. The number of carbonyl (C=O) groups excluding carboxylic acids is 1. The highest BCUT2D eigenvalue weighted by Crippen LogP contribution is 2.60. The van der Waals surface area contributed by atoms with Gasteiger partial charge in [-0.1, -0.05) is 12.2 Å². The lowest BCUT2D eigenvalue weighted by atomic mass is 9.82. The Labute approximate surface area is 188 Å². The molecule has 2 aliphatic carbocycles. The average Bonchev–Trinajstić information content (AvgIpc) is 3.45. The summed E-state index contributed by atoms with van der Waals surface area (Å²) in [5, 5.41) is 2.89. The molecule has 2 aromatic heterocycles. The molecule has 0 radical (unpaired) electrons. The average molecular weight is 520 g/mol. The monoisotopic (exact) mass is 520 g/mol. The summed E-state index contributed by atoms with van der Waals surface area (Å²) in [6.45, 7) is 3.97. The van der Waals surface area contributed by atoms with E-state index in [1.54, 1.807) is 24.5 Å². The minimum absolute atomic E-state index is 0.116. The summed E-state index contributed by atoms with van der Waals surface area (Å²) in [5.41, 5.74) is 0.264. The van der Waals surface area contributed by atoms with Crippen molar-refractivity contribution >= 4 is 34.3 Å². The van der Waals surface area contributed by atoms with E-state index in [1.165, 1.54) is 6.08 Å². The Morgan fingerprint density at radius 3 is 2.87 bits per heavy atom. The van der Waals surface area contributed by atoms with E-state index < -0.39 is 5.41 Å². The van der Waals surface area contributed by atoms with Gasteiger partial charge in [0.15, 0.2) is 5.75 Å². The lowest BCUT2D eigenvalue weighted by Crippen LogP contribution is -2.30. The smallest absolute Gasteiger partial charge is 0.229 e. The van der Waals surface area contributed by atoms with Gasteiger partial charge in [0.25, 0.3) is 0 Å². The number of pyridine rings is 1. The van der Waals surface area contributed by atoms with Crippen LogP contribution in [0.1, 0.15) is 24.4 Å². The summed E-state index contributed by atoms with van der Waals surface area (Å²) in [7, 11) is 0. The van der Waals surface area contributed by atoms with Gasteiger partial charge in [0, 0.05) is 27.5 Å². The second-order valence-corrected chi connectivity index (χ2v) is 9.05. The molecule has 4 rings (SSSR count). The van der Waals surface area contributed by atoms with E-state index in [-0.39, 0.29) is 30.0 Å². The van der Waals surface area contributed by atoms with Crippen LogP contribution >= 0.6 is 22.6 Å². The molecule has 1 amide bonds. The second-order valence-electron chi connectivity index (χ2n) is 7.81. The van der Waals surface area contributed by atoms with Gasteiger partial charge in [-0.15, -0.1) is 0 Å². The van der Waals surface area contributed by atoms with E-state index in [9.17, 15) is 9.18 Å². The van der Waals surface area contributed by atoms with Crippen molar-refractivity contribution in [2.45, 2.75) is 26.7 Å². The second kappa shape index (κ2) is 8.41. The third-order valence-corrected chi connectivity index (χ3v) is 6.38. The molecule has 30 heavy (non-hydrogen) atoms. The highest BCUT2D eigenvalue weighted by atomic mass is 127. The third-order valence-electron chi connectivity index (χ3n) is 5.74. The first-order valence-corrected chi connectivity index (χ1v) is 10.8. The van der Waals surface area contributed by atoms with Crippen LogP contribution in [0.3, 0.4) is 0 Å². The lowest BCUT2D eigenvalue weighted by Gasteiger charge is -2.27. The van der Waals surface area contributed by atoms with Gasteiger partial charge >= 0.3 is 0 Å². The number of carbonyl (C=O) groups is 1. The van der Waals surface area contributed by atoms with Gasteiger partial charge in [-0.2, -0.15) is 0 Å². The Kier molecular flexibility index (Phi) is 5.86. The van der Waals surface area contributed by atoms with Crippen molar-refractivity contribution in [3.05, 3.63) is 63.7 Å². The standard InChI is InChI=1S/C22H22FIN4O2/c1-13-19(11-25-14(2)27-13)30-12-22(15-4-3-5-16(23)8-15)9-18(22)21(29)28-20-7-6-17(24)10-26-20/h3-7,10-11,15,18H,8-9,12H2,1-2H3,(H,26,28,29)/t15?,18-,22+/m0/s1. The Hall–Kier alpha value is -2.36. The van der Waals surface area contributed by atoms with Crippen molar-refractivity contribution in [2.75, 3.05) is 11.9 Å². The molecular weight excluding hydrogens is 498 g/mol. The molecule has 1 N–H and O–H groups in total. The van der Waals surface area contributed by atoms with Crippen molar-refractivity contribution in [3.63, 3.8) is 0 Å². The Balaban J connectivity index is 1.52. The van der Waals surface area contributed by atoms with Crippen LogP contribution in [0.5, 0.6) is 5.75 Å². The maximum Gasteiger partial charge on any atom is 0.229 e. The molecule has 0 spiro atoms. The molecule has 2 aromatic rings. The molecule has 0 bridgehead atoms. The van der Waals surface area contributed by atoms with Crippen molar-refractivity contribution in [1.82, 2.24) is 15.0 Å². The number of hydrogen-bond acceptors (Lipinski definition) is 5. The highest BCUT2D eigenvalue weighted by Gasteiger charge is 2.62. The third kappa shape index (κ3) is 4.38. The predicted octanol–water partition coefficient (Wildman–Crippen LogP) is 4.55. The number of amides is 1. The largest absolute Gasteiger partial charge is 0.489 e.